The molecule has 5 nitrogen and oxygen atoms in total. The average Bonchev–Trinajstić information content (AvgIpc) is 2.78. The van der Waals surface area contributed by atoms with Crippen molar-refractivity contribution >= 4 is 23.2 Å². The monoisotopic (exact) mass is 364 g/mol. The Morgan fingerprint density at radius 2 is 1.85 bits per heavy atom. The Balaban J connectivity index is 2.00. The van der Waals surface area contributed by atoms with Crippen molar-refractivity contribution in [2.45, 2.75) is 12.6 Å². The van der Waals surface area contributed by atoms with Gasteiger partial charge in [0.05, 0.1) is 24.0 Å². The highest BCUT2D eigenvalue weighted by Gasteiger charge is 2.33. The van der Waals surface area contributed by atoms with Crippen LogP contribution in [-0.2, 0) is 11.0 Å². The second kappa shape index (κ2) is 6.70. The van der Waals surface area contributed by atoms with Crippen molar-refractivity contribution in [2.75, 3.05) is 23.9 Å². The van der Waals surface area contributed by atoms with Gasteiger partial charge >= 0.3 is 6.18 Å². The van der Waals surface area contributed by atoms with Gasteiger partial charge in [0.1, 0.15) is 5.75 Å². The number of alkyl halides is 3. The zero-order valence-corrected chi connectivity index (χ0v) is 13.8. The fourth-order valence-corrected chi connectivity index (χ4v) is 2.69. The van der Waals surface area contributed by atoms with E-state index < -0.39 is 23.6 Å². The Kier molecular flexibility index (Phi) is 4.58. The van der Waals surface area contributed by atoms with Crippen LogP contribution in [0.2, 0.25) is 0 Å². The number of nitrogens with one attached hydrogen (secondary N) is 1. The first-order chi connectivity index (χ1) is 12.3. The molecular formula is C18H15F3N2O3. The van der Waals surface area contributed by atoms with Gasteiger partial charge in [-0.15, -0.1) is 0 Å². The van der Waals surface area contributed by atoms with E-state index >= 15 is 0 Å². The van der Waals surface area contributed by atoms with Crippen molar-refractivity contribution in [1.82, 2.24) is 0 Å². The molecule has 0 saturated carbocycles. The van der Waals surface area contributed by atoms with Gasteiger partial charge in [-0.25, -0.2) is 0 Å². The number of amides is 2. The summed E-state index contributed by atoms with van der Waals surface area (Å²) in [7, 11) is 1.50. The highest BCUT2D eigenvalue weighted by molar-refractivity contribution is 6.10. The van der Waals surface area contributed by atoms with Crippen LogP contribution >= 0.6 is 0 Å². The maximum Gasteiger partial charge on any atom is 0.416 e. The average molecular weight is 364 g/mol. The summed E-state index contributed by atoms with van der Waals surface area (Å²) in [4.78, 5) is 26.0. The predicted molar refractivity (Wildman–Crippen MR) is 89.4 cm³/mol. The summed E-state index contributed by atoms with van der Waals surface area (Å²) < 4.78 is 43.9. The number of rotatable bonds is 2. The molecule has 3 rings (SSSR count). The minimum atomic E-state index is -4.54. The van der Waals surface area contributed by atoms with E-state index in [4.69, 9.17) is 4.74 Å². The first-order valence-electron chi connectivity index (χ1n) is 7.76. The number of nitrogens with zero attached hydrogens (tertiary/aromatic N) is 1. The zero-order chi connectivity index (χ0) is 18.9. The van der Waals surface area contributed by atoms with Crippen LogP contribution in [0.4, 0.5) is 24.5 Å². The molecule has 0 bridgehead atoms. The minimum Gasteiger partial charge on any atom is -0.497 e. The maximum atomic E-state index is 12.9. The molecule has 0 radical (unpaired) electrons. The SMILES string of the molecule is COc1ccc(C(=O)N2CCC(=O)Nc3cc(C(F)(F)F)ccc32)cc1. The molecule has 2 aromatic rings. The quantitative estimate of drug-likeness (QED) is 0.884. The number of methoxy groups -OCH3 is 1. The number of halogens is 3. The van der Waals surface area contributed by atoms with E-state index in [1.165, 1.54) is 18.1 Å². The Labute approximate surface area is 147 Å². The van der Waals surface area contributed by atoms with Gasteiger partial charge < -0.3 is 15.0 Å². The molecule has 0 aliphatic carbocycles. The van der Waals surface area contributed by atoms with Gasteiger partial charge in [0.2, 0.25) is 5.91 Å². The fraction of sp³-hybridized carbons (Fsp3) is 0.222. The normalized spacial score (nSPS) is 14.3. The number of ether oxygens (including phenoxy) is 1. The Hall–Kier alpha value is -3.03. The summed E-state index contributed by atoms with van der Waals surface area (Å²) >= 11 is 0. The second-order valence-corrected chi connectivity index (χ2v) is 5.71. The van der Waals surface area contributed by atoms with Gasteiger partial charge in [-0.1, -0.05) is 0 Å². The second-order valence-electron chi connectivity index (χ2n) is 5.71. The number of hydrogen-bond donors (Lipinski definition) is 1. The molecule has 1 aliphatic rings. The molecule has 26 heavy (non-hydrogen) atoms. The minimum absolute atomic E-state index is 0.0159. The summed E-state index contributed by atoms with van der Waals surface area (Å²) in [5.41, 5.74) is -0.366. The maximum absolute atomic E-state index is 12.9. The molecule has 0 spiro atoms. The van der Waals surface area contributed by atoms with E-state index in [2.05, 4.69) is 5.32 Å². The molecule has 136 valence electrons. The topological polar surface area (TPSA) is 58.6 Å². The fourth-order valence-electron chi connectivity index (χ4n) is 2.69. The third kappa shape index (κ3) is 3.49. The van der Waals surface area contributed by atoms with E-state index in [0.29, 0.717) is 11.3 Å². The van der Waals surface area contributed by atoms with Crippen LogP contribution < -0.4 is 15.0 Å². The molecule has 0 unspecified atom stereocenters. The molecule has 1 heterocycles. The largest absolute Gasteiger partial charge is 0.497 e. The van der Waals surface area contributed by atoms with Gasteiger partial charge in [-0.05, 0) is 42.5 Å². The van der Waals surface area contributed by atoms with Gasteiger partial charge in [0.15, 0.2) is 0 Å². The Morgan fingerprint density at radius 3 is 2.46 bits per heavy atom. The molecule has 0 atom stereocenters. The molecular weight excluding hydrogens is 349 g/mol. The van der Waals surface area contributed by atoms with Crippen LogP contribution in [-0.4, -0.2) is 25.5 Å². The van der Waals surface area contributed by atoms with E-state index in [1.54, 1.807) is 24.3 Å². The number of carbonyl (C=O) groups is 2. The summed E-state index contributed by atoms with van der Waals surface area (Å²) in [6, 6.07) is 9.28. The lowest BCUT2D eigenvalue weighted by Crippen LogP contribution is -2.31. The molecule has 0 saturated heterocycles. The van der Waals surface area contributed by atoms with Crippen molar-refractivity contribution in [3.05, 3.63) is 53.6 Å². The van der Waals surface area contributed by atoms with Crippen LogP contribution in [0.3, 0.4) is 0 Å². The number of benzene rings is 2. The third-order valence-electron chi connectivity index (χ3n) is 4.03. The van der Waals surface area contributed by atoms with Gasteiger partial charge in [-0.2, -0.15) is 13.2 Å². The van der Waals surface area contributed by atoms with Crippen molar-refractivity contribution < 1.29 is 27.5 Å². The van der Waals surface area contributed by atoms with Crippen LogP contribution in [0.15, 0.2) is 42.5 Å². The predicted octanol–water partition coefficient (Wildman–Crippen LogP) is 3.70. The van der Waals surface area contributed by atoms with Crippen LogP contribution in [0.25, 0.3) is 0 Å². The standard InChI is InChI=1S/C18H15F3N2O3/c1-26-13-5-2-11(3-6-13)17(25)23-9-8-16(24)22-14-10-12(18(19,20)21)4-7-15(14)23/h2-7,10H,8-9H2,1H3,(H,22,24). The third-order valence-corrected chi connectivity index (χ3v) is 4.03. The van der Waals surface area contributed by atoms with Crippen molar-refractivity contribution in [2.24, 2.45) is 0 Å². The summed E-state index contributed by atoms with van der Waals surface area (Å²) in [6.45, 7) is 0.0645. The highest BCUT2D eigenvalue weighted by Crippen LogP contribution is 2.37. The molecule has 2 amide bonds. The smallest absolute Gasteiger partial charge is 0.416 e. The van der Waals surface area contributed by atoms with Gasteiger partial charge in [0, 0.05) is 18.5 Å². The van der Waals surface area contributed by atoms with E-state index in [9.17, 15) is 22.8 Å². The van der Waals surface area contributed by atoms with Crippen molar-refractivity contribution in [3.8, 4) is 5.75 Å². The van der Waals surface area contributed by atoms with Crippen molar-refractivity contribution in [1.29, 1.82) is 0 Å². The molecule has 0 aromatic heterocycles. The highest BCUT2D eigenvalue weighted by atomic mass is 19.4. The van der Waals surface area contributed by atoms with Crippen LogP contribution in [0.1, 0.15) is 22.3 Å². The summed E-state index contributed by atoms with van der Waals surface area (Å²) in [6.07, 6.45) is -4.56. The Bertz CT molecular complexity index is 848. The first-order valence-corrected chi connectivity index (χ1v) is 7.76. The lowest BCUT2D eigenvalue weighted by molar-refractivity contribution is -0.137. The summed E-state index contributed by atoms with van der Waals surface area (Å²) in [5, 5.41) is 2.44. The molecule has 1 aliphatic heterocycles. The van der Waals surface area contributed by atoms with Crippen molar-refractivity contribution in [3.63, 3.8) is 0 Å². The first kappa shape index (κ1) is 17.8. The Morgan fingerprint density at radius 1 is 1.15 bits per heavy atom. The molecule has 1 N–H and O–H groups in total. The lowest BCUT2D eigenvalue weighted by atomic mass is 10.1. The molecule has 0 fully saturated rings. The number of anilines is 2. The zero-order valence-electron chi connectivity index (χ0n) is 13.8. The molecule has 2 aromatic carbocycles. The van der Waals surface area contributed by atoms with Gasteiger partial charge in [-0.3, -0.25) is 9.59 Å². The van der Waals surface area contributed by atoms with Crippen LogP contribution in [0.5, 0.6) is 5.75 Å². The summed E-state index contributed by atoms with van der Waals surface area (Å²) in [5.74, 6) is -0.287. The lowest BCUT2D eigenvalue weighted by Gasteiger charge is -2.23. The van der Waals surface area contributed by atoms with E-state index in [1.807, 2.05) is 0 Å². The number of fused-ring (bicyclic) bond motifs is 1. The number of carbonyl (C=O) groups excluding carboxylic acids is 2. The van der Waals surface area contributed by atoms with Gasteiger partial charge in [0.25, 0.3) is 5.91 Å². The van der Waals surface area contributed by atoms with E-state index in [-0.39, 0.29) is 24.3 Å². The number of hydrogen-bond acceptors (Lipinski definition) is 3. The van der Waals surface area contributed by atoms with Crippen LogP contribution in [0, 0.1) is 0 Å². The van der Waals surface area contributed by atoms with E-state index in [0.717, 1.165) is 12.1 Å². The molecule has 8 heteroatoms.